The van der Waals surface area contributed by atoms with Gasteiger partial charge < -0.3 is 21.1 Å². The molecule has 0 saturated carbocycles. The molecule has 0 atom stereocenters. The summed E-state index contributed by atoms with van der Waals surface area (Å²) in [4.78, 5) is 17.0. The molecular weight excluding hydrogens is 350 g/mol. The number of thiazole rings is 1. The van der Waals surface area contributed by atoms with Gasteiger partial charge in [-0.25, -0.2) is 15.0 Å². The van der Waals surface area contributed by atoms with Crippen LogP contribution in [0.4, 0.5) is 28.1 Å². The highest BCUT2D eigenvalue weighted by Gasteiger charge is 2.11. The van der Waals surface area contributed by atoms with Crippen molar-refractivity contribution >= 4 is 49.7 Å². The third kappa shape index (κ3) is 3.20. The maximum atomic E-state index is 6.21. The SMILES string of the molecule is COc1ccc2nc(Nc3ncnc(Nc4ccncc4)c3N)sc2c1. The zero-order chi connectivity index (χ0) is 17.9. The zero-order valence-electron chi connectivity index (χ0n) is 13.8. The van der Waals surface area contributed by atoms with Gasteiger partial charge in [-0.2, -0.15) is 0 Å². The number of rotatable bonds is 5. The first-order chi connectivity index (χ1) is 12.7. The van der Waals surface area contributed by atoms with Crippen molar-refractivity contribution in [1.82, 2.24) is 19.9 Å². The third-order valence-electron chi connectivity index (χ3n) is 3.65. The molecule has 0 spiro atoms. The molecule has 0 bridgehead atoms. The number of nitrogens with zero attached hydrogens (tertiary/aromatic N) is 4. The van der Waals surface area contributed by atoms with Crippen molar-refractivity contribution in [3.8, 4) is 5.75 Å². The van der Waals surface area contributed by atoms with Crippen molar-refractivity contribution in [3.05, 3.63) is 49.1 Å². The number of benzene rings is 1. The number of hydrogen-bond acceptors (Lipinski definition) is 9. The molecule has 3 aromatic heterocycles. The van der Waals surface area contributed by atoms with E-state index in [1.807, 2.05) is 30.3 Å². The molecule has 26 heavy (non-hydrogen) atoms. The Morgan fingerprint density at radius 1 is 1.04 bits per heavy atom. The highest BCUT2D eigenvalue weighted by atomic mass is 32.1. The lowest BCUT2D eigenvalue weighted by Gasteiger charge is -2.11. The number of aromatic nitrogens is 4. The summed E-state index contributed by atoms with van der Waals surface area (Å²) in [7, 11) is 1.64. The summed E-state index contributed by atoms with van der Waals surface area (Å²) in [6, 6.07) is 9.39. The van der Waals surface area contributed by atoms with E-state index in [0.717, 1.165) is 21.7 Å². The summed E-state index contributed by atoms with van der Waals surface area (Å²) in [6.07, 6.45) is 4.82. The van der Waals surface area contributed by atoms with Gasteiger partial charge >= 0.3 is 0 Å². The maximum Gasteiger partial charge on any atom is 0.189 e. The largest absolute Gasteiger partial charge is 0.497 e. The van der Waals surface area contributed by atoms with Gasteiger partial charge in [-0.15, -0.1) is 0 Å². The fourth-order valence-corrected chi connectivity index (χ4v) is 3.25. The second-order valence-electron chi connectivity index (χ2n) is 5.32. The molecule has 0 aliphatic rings. The number of fused-ring (bicyclic) bond motifs is 1. The van der Waals surface area contributed by atoms with Crippen LogP contribution in [-0.4, -0.2) is 27.0 Å². The molecule has 0 unspecified atom stereocenters. The van der Waals surface area contributed by atoms with Crippen LogP contribution in [0.25, 0.3) is 10.2 Å². The highest BCUT2D eigenvalue weighted by molar-refractivity contribution is 7.22. The summed E-state index contributed by atoms with van der Waals surface area (Å²) in [6.45, 7) is 0. The van der Waals surface area contributed by atoms with Gasteiger partial charge in [0.15, 0.2) is 16.8 Å². The van der Waals surface area contributed by atoms with E-state index in [1.54, 1.807) is 19.5 Å². The Morgan fingerprint density at radius 3 is 2.58 bits per heavy atom. The van der Waals surface area contributed by atoms with Gasteiger partial charge in [-0.05, 0) is 30.3 Å². The Bertz CT molecular complexity index is 1050. The van der Waals surface area contributed by atoms with Gasteiger partial charge in [0.25, 0.3) is 0 Å². The Morgan fingerprint density at radius 2 is 1.81 bits per heavy atom. The van der Waals surface area contributed by atoms with E-state index in [1.165, 1.54) is 17.7 Å². The zero-order valence-corrected chi connectivity index (χ0v) is 14.6. The van der Waals surface area contributed by atoms with Crippen LogP contribution < -0.4 is 21.1 Å². The lowest BCUT2D eigenvalue weighted by atomic mass is 10.3. The van der Waals surface area contributed by atoms with Crippen molar-refractivity contribution in [1.29, 1.82) is 0 Å². The molecule has 9 heteroatoms. The molecule has 0 fully saturated rings. The van der Waals surface area contributed by atoms with Crippen molar-refractivity contribution in [3.63, 3.8) is 0 Å². The van der Waals surface area contributed by atoms with E-state index < -0.39 is 0 Å². The van der Waals surface area contributed by atoms with Crippen LogP contribution in [0.15, 0.2) is 49.1 Å². The van der Waals surface area contributed by atoms with Gasteiger partial charge in [0.2, 0.25) is 0 Å². The van der Waals surface area contributed by atoms with Crippen molar-refractivity contribution < 1.29 is 4.74 Å². The molecule has 8 nitrogen and oxygen atoms in total. The second-order valence-corrected chi connectivity index (χ2v) is 6.35. The molecule has 0 aliphatic heterocycles. The van der Waals surface area contributed by atoms with Gasteiger partial charge in [0, 0.05) is 18.1 Å². The standard InChI is InChI=1S/C17H15N7OS/c1-25-11-2-3-12-13(8-11)26-17(23-12)24-16-14(18)15(20-9-21-16)22-10-4-6-19-7-5-10/h2-9H,18H2,1H3,(H2,19,20,21,22,23,24). The van der Waals surface area contributed by atoms with Crippen LogP contribution in [0.5, 0.6) is 5.75 Å². The first-order valence-corrected chi connectivity index (χ1v) is 8.54. The second kappa shape index (κ2) is 6.81. The van der Waals surface area contributed by atoms with Gasteiger partial charge in [-0.3, -0.25) is 4.98 Å². The van der Waals surface area contributed by atoms with E-state index >= 15 is 0 Å². The highest BCUT2D eigenvalue weighted by Crippen LogP contribution is 2.33. The fourth-order valence-electron chi connectivity index (χ4n) is 2.35. The summed E-state index contributed by atoms with van der Waals surface area (Å²) in [5.41, 5.74) is 8.33. The van der Waals surface area contributed by atoms with Crippen LogP contribution in [0.1, 0.15) is 0 Å². The van der Waals surface area contributed by atoms with E-state index in [2.05, 4.69) is 30.6 Å². The van der Waals surface area contributed by atoms with E-state index in [-0.39, 0.29) is 0 Å². The average Bonchev–Trinajstić information content (AvgIpc) is 3.07. The van der Waals surface area contributed by atoms with Crippen LogP contribution in [0.2, 0.25) is 0 Å². The first-order valence-electron chi connectivity index (χ1n) is 7.72. The molecular formula is C17H15N7OS. The maximum absolute atomic E-state index is 6.21. The minimum absolute atomic E-state index is 0.404. The number of pyridine rings is 1. The summed E-state index contributed by atoms with van der Waals surface area (Å²) >= 11 is 1.49. The molecule has 4 N–H and O–H groups in total. The quantitative estimate of drug-likeness (QED) is 0.492. The number of ether oxygens (including phenoxy) is 1. The Hall–Kier alpha value is -3.46. The predicted octanol–water partition coefficient (Wildman–Crippen LogP) is 3.56. The third-order valence-corrected chi connectivity index (χ3v) is 4.58. The Kier molecular flexibility index (Phi) is 4.20. The van der Waals surface area contributed by atoms with Gasteiger partial charge in [0.05, 0.1) is 17.3 Å². The number of nitrogens with one attached hydrogen (secondary N) is 2. The summed E-state index contributed by atoms with van der Waals surface area (Å²) in [5.74, 6) is 1.79. The van der Waals surface area contributed by atoms with Crippen molar-refractivity contribution in [2.75, 3.05) is 23.5 Å². The molecule has 130 valence electrons. The fraction of sp³-hybridized carbons (Fsp3) is 0.0588. The molecule has 3 heterocycles. The van der Waals surface area contributed by atoms with E-state index in [0.29, 0.717) is 22.5 Å². The number of hydrogen-bond donors (Lipinski definition) is 3. The minimum Gasteiger partial charge on any atom is -0.497 e. The number of nitrogen functional groups attached to an aromatic ring is 1. The molecule has 0 radical (unpaired) electrons. The molecule has 0 amide bonds. The minimum atomic E-state index is 0.404. The number of anilines is 5. The Balaban J connectivity index is 1.61. The topological polar surface area (TPSA) is 111 Å². The predicted molar refractivity (Wildman–Crippen MR) is 103 cm³/mol. The van der Waals surface area contributed by atoms with Gasteiger partial charge in [0.1, 0.15) is 17.8 Å². The van der Waals surface area contributed by atoms with Crippen molar-refractivity contribution in [2.24, 2.45) is 0 Å². The molecule has 0 aliphatic carbocycles. The lowest BCUT2D eigenvalue weighted by molar-refractivity contribution is 0.415. The first kappa shape index (κ1) is 16.0. The molecule has 4 aromatic rings. The monoisotopic (exact) mass is 365 g/mol. The average molecular weight is 365 g/mol. The molecule has 1 aromatic carbocycles. The van der Waals surface area contributed by atoms with Crippen LogP contribution in [0, 0.1) is 0 Å². The van der Waals surface area contributed by atoms with Gasteiger partial charge in [-0.1, -0.05) is 11.3 Å². The Labute approximate surface area is 153 Å². The van der Waals surface area contributed by atoms with Crippen LogP contribution >= 0.6 is 11.3 Å². The number of methoxy groups -OCH3 is 1. The van der Waals surface area contributed by atoms with Crippen LogP contribution in [-0.2, 0) is 0 Å². The number of nitrogens with two attached hydrogens (primary N) is 1. The van der Waals surface area contributed by atoms with Crippen molar-refractivity contribution in [2.45, 2.75) is 0 Å². The van der Waals surface area contributed by atoms with Crippen LogP contribution in [0.3, 0.4) is 0 Å². The summed E-state index contributed by atoms with van der Waals surface area (Å²) < 4.78 is 6.26. The lowest BCUT2D eigenvalue weighted by Crippen LogP contribution is -2.05. The smallest absolute Gasteiger partial charge is 0.189 e. The van der Waals surface area contributed by atoms with E-state index in [4.69, 9.17) is 10.5 Å². The molecule has 0 saturated heterocycles. The summed E-state index contributed by atoms with van der Waals surface area (Å²) in [5, 5.41) is 7.00. The van der Waals surface area contributed by atoms with E-state index in [9.17, 15) is 0 Å². The molecule has 4 rings (SSSR count). The normalized spacial score (nSPS) is 10.7.